The van der Waals surface area contributed by atoms with Crippen LogP contribution >= 0.6 is 0 Å². The molecular formula is C21H23FN4O2. The van der Waals surface area contributed by atoms with Crippen molar-refractivity contribution >= 4 is 5.91 Å². The van der Waals surface area contributed by atoms with Gasteiger partial charge in [-0.2, -0.15) is 4.98 Å². The second-order valence-electron chi connectivity index (χ2n) is 7.40. The quantitative estimate of drug-likeness (QED) is 0.690. The summed E-state index contributed by atoms with van der Waals surface area (Å²) in [6.07, 6.45) is 1.77. The van der Waals surface area contributed by atoms with Gasteiger partial charge in [0.2, 0.25) is 11.7 Å². The van der Waals surface area contributed by atoms with E-state index in [9.17, 15) is 9.18 Å². The molecule has 28 heavy (non-hydrogen) atoms. The first-order chi connectivity index (χ1) is 13.4. The van der Waals surface area contributed by atoms with E-state index in [4.69, 9.17) is 4.52 Å². The highest BCUT2D eigenvalue weighted by Gasteiger charge is 2.30. The van der Waals surface area contributed by atoms with Crippen LogP contribution in [0.15, 0.2) is 34.9 Å². The first kappa shape index (κ1) is 18.4. The van der Waals surface area contributed by atoms with Crippen LogP contribution in [0.2, 0.25) is 0 Å². The molecule has 7 heteroatoms. The summed E-state index contributed by atoms with van der Waals surface area (Å²) in [5, 5.41) is 4.03. The van der Waals surface area contributed by atoms with Gasteiger partial charge in [0.15, 0.2) is 0 Å². The fourth-order valence-corrected chi connectivity index (χ4v) is 3.72. The number of hydrogen-bond donors (Lipinski definition) is 0. The number of benzene rings is 1. The predicted molar refractivity (Wildman–Crippen MR) is 102 cm³/mol. The minimum absolute atomic E-state index is 0.00418. The SMILES string of the molecule is Cc1cc(C(=O)N2CCCC(c3nc(-c4ccc(F)cc4)no3)C2)c(C)n1C. The normalized spacial score (nSPS) is 17.1. The molecule has 1 saturated heterocycles. The van der Waals surface area contributed by atoms with Gasteiger partial charge in [0.1, 0.15) is 5.82 Å². The lowest BCUT2D eigenvalue weighted by molar-refractivity contribution is 0.0695. The molecule has 0 aliphatic carbocycles. The second kappa shape index (κ2) is 7.22. The van der Waals surface area contributed by atoms with Crippen molar-refractivity contribution in [2.75, 3.05) is 13.1 Å². The molecule has 0 spiro atoms. The molecule has 0 N–H and O–H groups in total. The summed E-state index contributed by atoms with van der Waals surface area (Å²) in [5.41, 5.74) is 3.49. The number of amides is 1. The van der Waals surface area contributed by atoms with Crippen molar-refractivity contribution in [2.45, 2.75) is 32.6 Å². The number of carbonyl (C=O) groups excluding carboxylic acids is 1. The first-order valence-corrected chi connectivity index (χ1v) is 9.46. The van der Waals surface area contributed by atoms with E-state index in [1.54, 1.807) is 12.1 Å². The van der Waals surface area contributed by atoms with E-state index in [0.717, 1.165) is 36.3 Å². The highest BCUT2D eigenvalue weighted by molar-refractivity contribution is 5.95. The first-order valence-electron chi connectivity index (χ1n) is 9.46. The van der Waals surface area contributed by atoms with Crippen LogP contribution < -0.4 is 0 Å². The Morgan fingerprint density at radius 2 is 2.00 bits per heavy atom. The summed E-state index contributed by atoms with van der Waals surface area (Å²) < 4.78 is 20.6. The Morgan fingerprint density at radius 3 is 2.68 bits per heavy atom. The molecule has 146 valence electrons. The molecule has 3 heterocycles. The molecule has 1 amide bonds. The van der Waals surface area contributed by atoms with Gasteiger partial charge in [-0.1, -0.05) is 5.16 Å². The number of aryl methyl sites for hydroxylation is 1. The van der Waals surface area contributed by atoms with Crippen LogP contribution in [0.25, 0.3) is 11.4 Å². The third-order valence-corrected chi connectivity index (χ3v) is 5.61. The zero-order valence-electron chi connectivity index (χ0n) is 16.3. The largest absolute Gasteiger partial charge is 0.351 e. The molecule has 6 nitrogen and oxygen atoms in total. The smallest absolute Gasteiger partial charge is 0.255 e. The summed E-state index contributed by atoms with van der Waals surface area (Å²) in [6, 6.07) is 7.94. The van der Waals surface area contributed by atoms with Gasteiger partial charge < -0.3 is 14.0 Å². The topological polar surface area (TPSA) is 64.2 Å². The number of hydrogen-bond acceptors (Lipinski definition) is 4. The zero-order valence-corrected chi connectivity index (χ0v) is 16.3. The summed E-state index contributed by atoms with van der Waals surface area (Å²) >= 11 is 0. The molecular weight excluding hydrogens is 359 g/mol. The maximum atomic E-state index is 13.1. The van der Waals surface area contributed by atoms with Crippen LogP contribution in [0.1, 0.15) is 46.4 Å². The number of carbonyl (C=O) groups is 1. The lowest BCUT2D eigenvalue weighted by Crippen LogP contribution is -2.39. The van der Waals surface area contributed by atoms with Gasteiger partial charge in [0, 0.05) is 37.1 Å². The maximum absolute atomic E-state index is 13.1. The highest BCUT2D eigenvalue weighted by atomic mass is 19.1. The summed E-state index contributed by atoms with van der Waals surface area (Å²) in [6.45, 7) is 5.24. The van der Waals surface area contributed by atoms with E-state index in [1.165, 1.54) is 12.1 Å². The van der Waals surface area contributed by atoms with Crippen LogP contribution in [0.4, 0.5) is 4.39 Å². The Morgan fingerprint density at radius 1 is 1.25 bits per heavy atom. The Balaban J connectivity index is 1.52. The average molecular weight is 382 g/mol. The number of piperidine rings is 1. The van der Waals surface area contributed by atoms with E-state index in [-0.39, 0.29) is 17.6 Å². The molecule has 0 saturated carbocycles. The van der Waals surface area contributed by atoms with Gasteiger partial charge in [-0.25, -0.2) is 4.39 Å². The van der Waals surface area contributed by atoms with Crippen LogP contribution in [0.5, 0.6) is 0 Å². The molecule has 1 aliphatic rings. The van der Waals surface area contributed by atoms with E-state index >= 15 is 0 Å². The van der Waals surface area contributed by atoms with Gasteiger partial charge in [-0.3, -0.25) is 4.79 Å². The average Bonchev–Trinajstić information content (AvgIpc) is 3.29. The van der Waals surface area contributed by atoms with Crippen molar-refractivity contribution in [3.63, 3.8) is 0 Å². The lowest BCUT2D eigenvalue weighted by Gasteiger charge is -2.31. The van der Waals surface area contributed by atoms with Gasteiger partial charge in [0.05, 0.1) is 11.5 Å². The van der Waals surface area contributed by atoms with Crippen molar-refractivity contribution in [3.05, 3.63) is 59.0 Å². The summed E-state index contributed by atoms with van der Waals surface area (Å²) in [5.74, 6) is 0.708. The third kappa shape index (κ3) is 3.32. The van der Waals surface area contributed by atoms with Gasteiger partial charge >= 0.3 is 0 Å². The van der Waals surface area contributed by atoms with Crippen molar-refractivity contribution < 1.29 is 13.7 Å². The van der Waals surface area contributed by atoms with Crippen LogP contribution in [-0.2, 0) is 7.05 Å². The van der Waals surface area contributed by atoms with Gasteiger partial charge in [0.25, 0.3) is 5.91 Å². The monoisotopic (exact) mass is 382 g/mol. The number of halogens is 1. The van der Waals surface area contributed by atoms with E-state index < -0.39 is 0 Å². The third-order valence-electron chi connectivity index (χ3n) is 5.61. The number of rotatable bonds is 3. The van der Waals surface area contributed by atoms with Crippen molar-refractivity contribution in [1.82, 2.24) is 19.6 Å². The van der Waals surface area contributed by atoms with E-state index in [1.807, 2.05) is 36.4 Å². The van der Waals surface area contributed by atoms with Crippen molar-refractivity contribution in [1.29, 1.82) is 0 Å². The van der Waals surface area contributed by atoms with E-state index in [2.05, 4.69) is 10.1 Å². The zero-order chi connectivity index (χ0) is 19.8. The van der Waals surface area contributed by atoms with Gasteiger partial charge in [-0.15, -0.1) is 0 Å². The molecule has 1 unspecified atom stereocenters. The summed E-state index contributed by atoms with van der Waals surface area (Å²) in [4.78, 5) is 19.4. The fourth-order valence-electron chi connectivity index (χ4n) is 3.72. The molecule has 3 aromatic rings. The Bertz CT molecular complexity index is 1010. The number of aromatic nitrogens is 3. The van der Waals surface area contributed by atoms with Crippen LogP contribution in [-0.4, -0.2) is 38.6 Å². The number of nitrogens with zero attached hydrogens (tertiary/aromatic N) is 4. The molecule has 1 atom stereocenters. The molecule has 0 radical (unpaired) electrons. The highest BCUT2D eigenvalue weighted by Crippen LogP contribution is 2.29. The van der Waals surface area contributed by atoms with E-state index in [0.29, 0.717) is 23.8 Å². The minimum atomic E-state index is -0.305. The summed E-state index contributed by atoms with van der Waals surface area (Å²) in [7, 11) is 1.97. The van der Waals surface area contributed by atoms with Crippen molar-refractivity contribution in [2.24, 2.45) is 7.05 Å². The molecule has 1 aromatic carbocycles. The van der Waals surface area contributed by atoms with Crippen LogP contribution in [0, 0.1) is 19.7 Å². The predicted octanol–water partition coefficient (Wildman–Crippen LogP) is 3.85. The minimum Gasteiger partial charge on any atom is -0.351 e. The molecule has 1 fully saturated rings. The Kier molecular flexibility index (Phi) is 4.75. The molecule has 1 aliphatic heterocycles. The van der Waals surface area contributed by atoms with Crippen LogP contribution in [0.3, 0.4) is 0 Å². The molecule has 4 rings (SSSR count). The van der Waals surface area contributed by atoms with Gasteiger partial charge in [-0.05, 0) is 57.0 Å². The maximum Gasteiger partial charge on any atom is 0.255 e. The van der Waals surface area contributed by atoms with Crippen molar-refractivity contribution in [3.8, 4) is 11.4 Å². The fraction of sp³-hybridized carbons (Fsp3) is 0.381. The molecule has 2 aromatic heterocycles. The molecule has 0 bridgehead atoms. The Hall–Kier alpha value is -2.96. The second-order valence-corrected chi connectivity index (χ2v) is 7.40. The standard InChI is InChI=1S/C21H23FN4O2/c1-13-11-18(14(2)25(13)3)21(27)26-10-4-5-16(12-26)20-23-19(24-28-20)15-6-8-17(22)9-7-15/h6-9,11,16H,4-5,10,12H2,1-3H3. The number of likely N-dealkylation sites (tertiary alicyclic amines) is 1. The lowest BCUT2D eigenvalue weighted by atomic mass is 9.97. The Labute approximate surface area is 163 Å².